The van der Waals surface area contributed by atoms with Crippen molar-refractivity contribution in [1.82, 2.24) is 5.32 Å². The van der Waals surface area contributed by atoms with Crippen LogP contribution in [0.3, 0.4) is 0 Å². The zero-order valence-electron chi connectivity index (χ0n) is 6.95. The molecule has 1 N–H and O–H groups in total. The molecule has 0 aromatic heterocycles. The van der Waals surface area contributed by atoms with Gasteiger partial charge in [-0.3, -0.25) is 0 Å². The van der Waals surface area contributed by atoms with E-state index in [9.17, 15) is 8.78 Å². The van der Waals surface area contributed by atoms with E-state index in [1.165, 1.54) is 0 Å². The fourth-order valence-corrected chi connectivity index (χ4v) is 1.97. The molecule has 1 saturated carbocycles. The lowest BCUT2D eigenvalue weighted by Gasteiger charge is -2.19. The summed E-state index contributed by atoms with van der Waals surface area (Å²) in [4.78, 5) is 2.60. The highest BCUT2D eigenvalue weighted by Crippen LogP contribution is 2.53. The maximum atomic E-state index is 12.8. The van der Waals surface area contributed by atoms with Gasteiger partial charge in [-0.05, 0) is 18.4 Å². The van der Waals surface area contributed by atoms with Gasteiger partial charge in [0, 0.05) is 23.4 Å². The van der Waals surface area contributed by atoms with E-state index in [0.717, 1.165) is 0 Å². The first-order valence-electron chi connectivity index (χ1n) is 4.31. The zero-order chi connectivity index (χ0) is 9.47. The average molecular weight is 188 g/mol. The molecule has 0 amide bonds. The third-order valence-electron chi connectivity index (χ3n) is 2.81. The molecule has 0 radical (unpaired) electrons. The van der Waals surface area contributed by atoms with E-state index in [1.807, 2.05) is 0 Å². The predicted molar refractivity (Wildman–Crippen MR) is 42.4 cm³/mol. The Kier molecular flexibility index (Phi) is 1.89. The van der Waals surface area contributed by atoms with E-state index in [4.69, 9.17) is 5.53 Å². The second kappa shape index (κ2) is 2.82. The number of halogens is 2. The smallest absolute Gasteiger partial charge is 0.268 e. The first-order valence-corrected chi connectivity index (χ1v) is 4.31. The Hall–Kier alpha value is -0.870. The predicted octanol–water partition coefficient (Wildman–Crippen LogP) is 1.68. The monoisotopic (exact) mass is 188 g/mol. The minimum absolute atomic E-state index is 0.0643. The number of nitrogens with one attached hydrogen (secondary N) is 1. The molecule has 2 fully saturated rings. The van der Waals surface area contributed by atoms with Crippen LogP contribution in [0.4, 0.5) is 8.78 Å². The van der Waals surface area contributed by atoms with Crippen LogP contribution < -0.4 is 5.32 Å². The van der Waals surface area contributed by atoms with Gasteiger partial charge in [0.05, 0.1) is 6.04 Å². The van der Waals surface area contributed by atoms with E-state index < -0.39 is 17.9 Å². The van der Waals surface area contributed by atoms with Crippen LogP contribution in [-0.4, -0.2) is 24.6 Å². The van der Waals surface area contributed by atoms with E-state index in [-0.39, 0.29) is 12.6 Å². The van der Waals surface area contributed by atoms with Crippen LogP contribution in [0.5, 0.6) is 0 Å². The molecule has 1 aliphatic heterocycles. The van der Waals surface area contributed by atoms with Gasteiger partial charge < -0.3 is 5.32 Å². The van der Waals surface area contributed by atoms with Crippen molar-refractivity contribution in [3.63, 3.8) is 0 Å². The summed E-state index contributed by atoms with van der Waals surface area (Å²) in [6, 6.07) is -0.731. The second-order valence-corrected chi connectivity index (χ2v) is 3.61. The van der Waals surface area contributed by atoms with Crippen molar-refractivity contribution in [2.24, 2.45) is 11.0 Å². The van der Waals surface area contributed by atoms with Crippen molar-refractivity contribution in [2.75, 3.05) is 6.54 Å². The van der Waals surface area contributed by atoms with Crippen molar-refractivity contribution in [3.05, 3.63) is 10.4 Å². The summed E-state index contributed by atoms with van der Waals surface area (Å²) in [6.45, 7) is 0.274. The number of hydrogen-bond donors (Lipinski definition) is 1. The van der Waals surface area contributed by atoms with Crippen LogP contribution in [0.1, 0.15) is 12.8 Å². The molecule has 3 atom stereocenters. The lowest BCUT2D eigenvalue weighted by Crippen LogP contribution is -2.38. The number of azide groups is 1. The van der Waals surface area contributed by atoms with Gasteiger partial charge in [0.15, 0.2) is 0 Å². The molecule has 0 aromatic rings. The molecule has 1 aliphatic carbocycles. The number of hydrogen-bond acceptors (Lipinski definition) is 2. The Morgan fingerprint density at radius 1 is 1.54 bits per heavy atom. The number of rotatable bonds is 2. The fraction of sp³-hybridized carbons (Fsp3) is 1.00. The maximum Gasteiger partial charge on any atom is 0.268 e. The SMILES string of the molecule is [N-]=[N+]=NC[C@H]1CCC2C(N1)C2(F)F. The van der Waals surface area contributed by atoms with Gasteiger partial charge in [-0.15, -0.1) is 0 Å². The molecule has 0 spiro atoms. The first-order chi connectivity index (χ1) is 6.16. The standard InChI is InChI=1S/C7H10F2N4/c8-7(9)5-2-1-4(3-11-13-10)12-6(5)7/h4-6,12H,1-3H2/t4-,5?,6?/m1/s1. The summed E-state index contributed by atoms with van der Waals surface area (Å²) in [5, 5.41) is 6.17. The Morgan fingerprint density at radius 3 is 2.92 bits per heavy atom. The van der Waals surface area contributed by atoms with E-state index >= 15 is 0 Å². The molecule has 6 heteroatoms. The molecule has 2 aliphatic rings. The third kappa shape index (κ3) is 1.36. The zero-order valence-corrected chi connectivity index (χ0v) is 6.95. The highest BCUT2D eigenvalue weighted by molar-refractivity contribution is 5.14. The lowest BCUT2D eigenvalue weighted by atomic mass is 10.1. The molecule has 0 aromatic carbocycles. The Labute approximate surface area is 73.9 Å². The third-order valence-corrected chi connectivity index (χ3v) is 2.81. The summed E-state index contributed by atoms with van der Waals surface area (Å²) in [6.07, 6.45) is 1.21. The van der Waals surface area contributed by atoms with E-state index in [0.29, 0.717) is 12.8 Å². The maximum absolute atomic E-state index is 12.8. The number of piperidine rings is 1. The van der Waals surface area contributed by atoms with Crippen LogP contribution in [0, 0.1) is 5.92 Å². The van der Waals surface area contributed by atoms with Gasteiger partial charge in [-0.2, -0.15) is 0 Å². The van der Waals surface area contributed by atoms with Crippen molar-refractivity contribution >= 4 is 0 Å². The van der Waals surface area contributed by atoms with Gasteiger partial charge in [-0.1, -0.05) is 5.11 Å². The second-order valence-electron chi connectivity index (χ2n) is 3.61. The molecule has 4 nitrogen and oxygen atoms in total. The number of nitrogens with zero attached hydrogens (tertiary/aromatic N) is 3. The molecule has 13 heavy (non-hydrogen) atoms. The van der Waals surface area contributed by atoms with Gasteiger partial charge in [0.1, 0.15) is 0 Å². The fourth-order valence-electron chi connectivity index (χ4n) is 1.97. The van der Waals surface area contributed by atoms with Crippen LogP contribution in [0.15, 0.2) is 5.11 Å². The van der Waals surface area contributed by atoms with Gasteiger partial charge >= 0.3 is 0 Å². The lowest BCUT2D eigenvalue weighted by molar-refractivity contribution is 0.0916. The minimum atomic E-state index is -2.52. The van der Waals surface area contributed by atoms with Crippen molar-refractivity contribution < 1.29 is 8.78 Å². The van der Waals surface area contributed by atoms with Crippen molar-refractivity contribution in [1.29, 1.82) is 0 Å². The van der Waals surface area contributed by atoms with E-state index in [2.05, 4.69) is 15.3 Å². The molecule has 2 unspecified atom stereocenters. The molecular weight excluding hydrogens is 178 g/mol. The van der Waals surface area contributed by atoms with Gasteiger partial charge in [0.25, 0.3) is 5.92 Å². The van der Waals surface area contributed by atoms with Crippen LogP contribution in [-0.2, 0) is 0 Å². The molecule has 0 bridgehead atoms. The van der Waals surface area contributed by atoms with E-state index in [1.54, 1.807) is 0 Å². The summed E-state index contributed by atoms with van der Waals surface area (Å²) in [5.74, 6) is -3.00. The molecule has 1 heterocycles. The summed E-state index contributed by atoms with van der Waals surface area (Å²) in [7, 11) is 0. The van der Waals surface area contributed by atoms with Crippen molar-refractivity contribution in [3.8, 4) is 0 Å². The van der Waals surface area contributed by atoms with Gasteiger partial charge in [-0.25, -0.2) is 8.78 Å². The van der Waals surface area contributed by atoms with Gasteiger partial charge in [0.2, 0.25) is 0 Å². The summed E-state index contributed by atoms with van der Waals surface area (Å²) >= 11 is 0. The first kappa shape index (κ1) is 8.72. The molecule has 1 saturated heterocycles. The van der Waals surface area contributed by atoms with Crippen LogP contribution >= 0.6 is 0 Å². The quantitative estimate of drug-likeness (QED) is 0.400. The molecule has 72 valence electrons. The summed E-state index contributed by atoms with van der Waals surface area (Å²) < 4.78 is 25.7. The Balaban J connectivity index is 1.89. The topological polar surface area (TPSA) is 60.8 Å². The molecular formula is C7H10F2N4. The highest BCUT2D eigenvalue weighted by Gasteiger charge is 2.69. The van der Waals surface area contributed by atoms with Crippen molar-refractivity contribution in [2.45, 2.75) is 30.8 Å². The normalized spacial score (nSPS) is 40.3. The number of alkyl halides is 2. The Morgan fingerprint density at radius 2 is 2.31 bits per heavy atom. The van der Waals surface area contributed by atoms with Crippen LogP contribution in [0.2, 0.25) is 0 Å². The minimum Gasteiger partial charge on any atom is -0.305 e. The molecule has 2 rings (SSSR count). The Bertz CT molecular complexity index is 261. The average Bonchev–Trinajstić information content (AvgIpc) is 2.66. The number of fused-ring (bicyclic) bond motifs is 1. The summed E-state index contributed by atoms with van der Waals surface area (Å²) in [5.41, 5.74) is 8.06. The van der Waals surface area contributed by atoms with Crippen LogP contribution in [0.25, 0.3) is 10.4 Å². The highest BCUT2D eigenvalue weighted by atomic mass is 19.3. The largest absolute Gasteiger partial charge is 0.305 e.